The second-order valence-electron chi connectivity index (χ2n) is 6.76. The third-order valence-electron chi connectivity index (χ3n) is 4.82. The summed E-state index contributed by atoms with van der Waals surface area (Å²) >= 11 is 0. The van der Waals surface area contributed by atoms with E-state index in [1.165, 1.54) is 4.90 Å². The Bertz CT molecular complexity index is 954. The van der Waals surface area contributed by atoms with Gasteiger partial charge in [-0.15, -0.1) is 0 Å². The number of carbonyl (C=O) groups excluding carboxylic acids is 1. The molecule has 0 saturated carbocycles. The first-order chi connectivity index (χ1) is 14.0. The van der Waals surface area contributed by atoms with Crippen molar-refractivity contribution < 1.29 is 19.4 Å². The molecule has 5 nitrogen and oxygen atoms in total. The molecule has 0 saturated heterocycles. The molecule has 0 aliphatic carbocycles. The molecule has 1 unspecified atom stereocenters. The van der Waals surface area contributed by atoms with Crippen molar-refractivity contribution in [2.75, 3.05) is 27.8 Å². The molecule has 150 valence electrons. The number of aliphatic hydroxyl groups is 1. The quantitative estimate of drug-likeness (QED) is 0.657. The zero-order chi connectivity index (χ0) is 20.8. The summed E-state index contributed by atoms with van der Waals surface area (Å²) < 4.78 is 10.5. The van der Waals surface area contributed by atoms with E-state index in [9.17, 15) is 9.90 Å². The fourth-order valence-electron chi connectivity index (χ4n) is 3.16. The van der Waals surface area contributed by atoms with Crippen molar-refractivity contribution in [3.63, 3.8) is 0 Å². The maximum Gasteiger partial charge on any atom is 0.253 e. The summed E-state index contributed by atoms with van der Waals surface area (Å²) in [6, 6.07) is 22.7. The fourth-order valence-corrected chi connectivity index (χ4v) is 3.16. The first-order valence-electron chi connectivity index (χ1n) is 9.34. The number of nitrogens with zero attached hydrogens (tertiary/aromatic N) is 1. The van der Waals surface area contributed by atoms with Crippen LogP contribution in [0.5, 0.6) is 11.5 Å². The SMILES string of the molecule is COc1ccc(C(O)CN(C)C(=O)c2ccc(-c3ccccc3)cc2)cc1OC. The molecule has 0 heterocycles. The number of methoxy groups -OCH3 is 2. The lowest BCUT2D eigenvalue weighted by Crippen LogP contribution is -2.31. The van der Waals surface area contributed by atoms with Crippen molar-refractivity contribution in [1.29, 1.82) is 0 Å². The van der Waals surface area contributed by atoms with E-state index in [4.69, 9.17) is 9.47 Å². The number of amides is 1. The third-order valence-corrected chi connectivity index (χ3v) is 4.82. The normalized spacial score (nSPS) is 11.6. The molecule has 0 fully saturated rings. The van der Waals surface area contributed by atoms with Gasteiger partial charge in [0, 0.05) is 12.6 Å². The third kappa shape index (κ3) is 4.76. The Morgan fingerprint density at radius 1 is 0.897 bits per heavy atom. The molecular formula is C24H25NO4. The van der Waals surface area contributed by atoms with Crippen LogP contribution in [0.2, 0.25) is 0 Å². The van der Waals surface area contributed by atoms with Gasteiger partial charge in [-0.25, -0.2) is 0 Å². The van der Waals surface area contributed by atoms with E-state index in [1.54, 1.807) is 39.5 Å². The number of carbonyl (C=O) groups is 1. The van der Waals surface area contributed by atoms with Crippen molar-refractivity contribution in [1.82, 2.24) is 4.90 Å². The molecule has 3 aromatic carbocycles. The number of aliphatic hydroxyl groups excluding tert-OH is 1. The largest absolute Gasteiger partial charge is 0.493 e. The van der Waals surface area contributed by atoms with Crippen molar-refractivity contribution in [2.24, 2.45) is 0 Å². The zero-order valence-electron chi connectivity index (χ0n) is 16.8. The molecule has 29 heavy (non-hydrogen) atoms. The molecule has 3 aromatic rings. The van der Waals surface area contributed by atoms with E-state index in [0.717, 1.165) is 11.1 Å². The topological polar surface area (TPSA) is 59.0 Å². The number of benzene rings is 3. The van der Waals surface area contributed by atoms with E-state index in [1.807, 2.05) is 54.6 Å². The maximum atomic E-state index is 12.8. The van der Waals surface area contributed by atoms with Crippen LogP contribution in [0.3, 0.4) is 0 Å². The van der Waals surface area contributed by atoms with Crippen molar-refractivity contribution in [3.8, 4) is 22.6 Å². The van der Waals surface area contributed by atoms with Crippen LogP contribution in [0.4, 0.5) is 0 Å². The van der Waals surface area contributed by atoms with E-state index in [2.05, 4.69) is 0 Å². The van der Waals surface area contributed by atoms with Gasteiger partial charge in [0.2, 0.25) is 0 Å². The van der Waals surface area contributed by atoms with Crippen LogP contribution in [0.25, 0.3) is 11.1 Å². The monoisotopic (exact) mass is 391 g/mol. The van der Waals surface area contributed by atoms with Crippen molar-refractivity contribution in [3.05, 3.63) is 83.9 Å². The van der Waals surface area contributed by atoms with Gasteiger partial charge >= 0.3 is 0 Å². The molecule has 0 radical (unpaired) electrons. The first kappa shape index (κ1) is 20.4. The number of hydrogen-bond acceptors (Lipinski definition) is 4. The lowest BCUT2D eigenvalue weighted by atomic mass is 10.0. The molecule has 0 spiro atoms. The first-order valence-corrected chi connectivity index (χ1v) is 9.34. The Labute approximate surface area is 171 Å². The molecule has 1 atom stereocenters. The van der Waals surface area contributed by atoms with Crippen LogP contribution >= 0.6 is 0 Å². The molecule has 0 aliphatic rings. The predicted octanol–water partition coefficient (Wildman–Crippen LogP) is 4.18. The Morgan fingerprint density at radius 2 is 1.52 bits per heavy atom. The molecular weight excluding hydrogens is 366 g/mol. The number of rotatable bonds is 7. The summed E-state index contributed by atoms with van der Waals surface area (Å²) in [5.74, 6) is 0.977. The molecule has 1 N–H and O–H groups in total. The summed E-state index contributed by atoms with van der Waals surface area (Å²) in [5.41, 5.74) is 3.38. The summed E-state index contributed by atoms with van der Waals surface area (Å²) in [6.45, 7) is 0.161. The minimum absolute atomic E-state index is 0.149. The smallest absolute Gasteiger partial charge is 0.253 e. The summed E-state index contributed by atoms with van der Waals surface area (Å²) in [5, 5.41) is 10.6. The highest BCUT2D eigenvalue weighted by molar-refractivity contribution is 5.94. The summed E-state index contributed by atoms with van der Waals surface area (Å²) in [6.07, 6.45) is -0.840. The Kier molecular flexibility index (Phi) is 6.52. The maximum absolute atomic E-state index is 12.8. The van der Waals surface area contributed by atoms with Gasteiger partial charge < -0.3 is 19.5 Å². The highest BCUT2D eigenvalue weighted by Crippen LogP contribution is 2.30. The minimum Gasteiger partial charge on any atom is -0.493 e. The van der Waals surface area contributed by atoms with Crippen molar-refractivity contribution in [2.45, 2.75) is 6.10 Å². The van der Waals surface area contributed by atoms with Gasteiger partial charge in [-0.1, -0.05) is 48.5 Å². The van der Waals surface area contributed by atoms with Crippen LogP contribution < -0.4 is 9.47 Å². The summed E-state index contributed by atoms with van der Waals surface area (Å²) in [4.78, 5) is 14.3. The van der Waals surface area contributed by atoms with Gasteiger partial charge in [-0.3, -0.25) is 4.79 Å². The number of likely N-dealkylation sites (N-methyl/N-ethyl adjacent to an activating group) is 1. The Hall–Kier alpha value is -3.31. The van der Waals surface area contributed by atoms with Gasteiger partial charge in [0.1, 0.15) is 0 Å². The van der Waals surface area contributed by atoms with E-state index >= 15 is 0 Å². The van der Waals surface area contributed by atoms with Crippen LogP contribution in [0.15, 0.2) is 72.8 Å². The average Bonchev–Trinajstić information content (AvgIpc) is 2.78. The number of hydrogen-bond donors (Lipinski definition) is 1. The Morgan fingerprint density at radius 3 is 2.14 bits per heavy atom. The minimum atomic E-state index is -0.840. The van der Waals surface area contributed by atoms with Gasteiger partial charge in [-0.2, -0.15) is 0 Å². The van der Waals surface area contributed by atoms with Crippen LogP contribution in [-0.2, 0) is 0 Å². The molecule has 0 aromatic heterocycles. The Balaban J connectivity index is 1.68. The molecule has 5 heteroatoms. The molecule has 0 aliphatic heterocycles. The van der Waals surface area contributed by atoms with Crippen LogP contribution in [-0.4, -0.2) is 43.7 Å². The zero-order valence-corrected chi connectivity index (χ0v) is 16.8. The fraction of sp³-hybridized carbons (Fsp3) is 0.208. The van der Waals surface area contributed by atoms with Crippen molar-refractivity contribution >= 4 is 5.91 Å². The second-order valence-corrected chi connectivity index (χ2v) is 6.76. The highest BCUT2D eigenvalue weighted by Gasteiger charge is 2.18. The van der Waals surface area contributed by atoms with E-state index in [0.29, 0.717) is 22.6 Å². The van der Waals surface area contributed by atoms with Gasteiger partial charge in [0.05, 0.1) is 26.9 Å². The average molecular weight is 391 g/mol. The van der Waals surface area contributed by atoms with E-state index < -0.39 is 6.10 Å². The lowest BCUT2D eigenvalue weighted by Gasteiger charge is -2.22. The number of ether oxygens (including phenoxy) is 2. The molecule has 1 amide bonds. The highest BCUT2D eigenvalue weighted by atomic mass is 16.5. The lowest BCUT2D eigenvalue weighted by molar-refractivity contribution is 0.0680. The molecule has 0 bridgehead atoms. The standard InChI is InChI=1S/C24H25NO4/c1-25(16-21(26)20-13-14-22(28-2)23(15-20)29-3)24(27)19-11-9-18(10-12-19)17-7-5-4-6-8-17/h4-15,21,26H,16H2,1-3H3. The van der Waals surface area contributed by atoms with Crippen LogP contribution in [0.1, 0.15) is 22.0 Å². The summed E-state index contributed by atoms with van der Waals surface area (Å²) in [7, 11) is 4.78. The van der Waals surface area contributed by atoms with Gasteiger partial charge in [0.15, 0.2) is 11.5 Å². The van der Waals surface area contributed by atoms with E-state index in [-0.39, 0.29) is 12.5 Å². The van der Waals surface area contributed by atoms with Gasteiger partial charge in [-0.05, 0) is 41.0 Å². The van der Waals surface area contributed by atoms with Crippen LogP contribution in [0, 0.1) is 0 Å². The predicted molar refractivity (Wildman–Crippen MR) is 113 cm³/mol. The molecule has 3 rings (SSSR count). The van der Waals surface area contributed by atoms with Gasteiger partial charge in [0.25, 0.3) is 5.91 Å². The second kappa shape index (κ2) is 9.26.